The van der Waals surface area contributed by atoms with E-state index in [0.717, 1.165) is 25.2 Å². The molecule has 1 saturated heterocycles. The molecule has 0 spiro atoms. The molecule has 7 heteroatoms. The number of rotatable bonds is 7. The molecule has 0 bridgehead atoms. The normalized spacial score (nSPS) is 19.3. The third-order valence-electron chi connectivity index (χ3n) is 4.76. The van der Waals surface area contributed by atoms with Crippen LogP contribution in [0.5, 0.6) is 0 Å². The van der Waals surface area contributed by atoms with Crippen molar-refractivity contribution in [2.24, 2.45) is 10.7 Å². The molecule has 4 N–H and O–H groups in total. The third kappa shape index (κ3) is 7.38. The van der Waals surface area contributed by atoms with E-state index in [4.69, 9.17) is 10.5 Å². The number of carbonyl (C=O) groups excluding carboxylic acids is 1. The zero-order valence-electron chi connectivity index (χ0n) is 17.6. The van der Waals surface area contributed by atoms with E-state index < -0.39 is 11.7 Å². The van der Waals surface area contributed by atoms with E-state index in [9.17, 15) is 4.79 Å². The second-order valence-corrected chi connectivity index (χ2v) is 8.14. The number of alkyl carbamates (subject to hydrolysis) is 1. The Balaban J connectivity index is 1.95. The quantitative estimate of drug-likeness (QED) is 0.492. The van der Waals surface area contributed by atoms with Crippen LogP contribution in [0, 0.1) is 0 Å². The highest BCUT2D eigenvalue weighted by Crippen LogP contribution is 2.16. The maximum absolute atomic E-state index is 12.2. The van der Waals surface area contributed by atoms with E-state index in [2.05, 4.69) is 27.4 Å². The summed E-state index contributed by atoms with van der Waals surface area (Å²) in [5.74, 6) is 0.398. The van der Waals surface area contributed by atoms with Crippen LogP contribution in [0.1, 0.15) is 52.1 Å². The highest BCUT2D eigenvalue weighted by atomic mass is 16.6. The monoisotopic (exact) mass is 389 g/mol. The molecule has 2 unspecified atom stereocenters. The summed E-state index contributed by atoms with van der Waals surface area (Å²) in [6.07, 6.45) is 1.95. The van der Waals surface area contributed by atoms with Gasteiger partial charge in [0.05, 0.1) is 12.6 Å². The molecular formula is C21H35N5O2. The van der Waals surface area contributed by atoms with Crippen LogP contribution in [0.15, 0.2) is 35.3 Å². The molecule has 156 valence electrons. The van der Waals surface area contributed by atoms with Crippen molar-refractivity contribution in [2.45, 2.75) is 58.2 Å². The number of nitrogens with zero attached hydrogens (tertiary/aromatic N) is 2. The number of likely N-dealkylation sites (N-methyl/N-ethyl adjacent to an activating group) is 1. The molecule has 1 aliphatic rings. The van der Waals surface area contributed by atoms with Crippen LogP contribution in [0.3, 0.4) is 0 Å². The number of amides is 1. The predicted molar refractivity (Wildman–Crippen MR) is 113 cm³/mol. The van der Waals surface area contributed by atoms with Crippen molar-refractivity contribution in [3.8, 4) is 0 Å². The summed E-state index contributed by atoms with van der Waals surface area (Å²) in [5, 5.41) is 6.13. The molecule has 0 saturated carbocycles. The zero-order chi connectivity index (χ0) is 20.6. The number of guanidine groups is 1. The highest BCUT2D eigenvalue weighted by Gasteiger charge is 2.23. The molecule has 1 fully saturated rings. The lowest BCUT2D eigenvalue weighted by Gasteiger charge is -2.24. The van der Waals surface area contributed by atoms with Crippen LogP contribution in [0.25, 0.3) is 0 Å². The van der Waals surface area contributed by atoms with Crippen LogP contribution < -0.4 is 16.4 Å². The molecule has 2 atom stereocenters. The molecular weight excluding hydrogens is 354 g/mol. The zero-order valence-corrected chi connectivity index (χ0v) is 17.6. The van der Waals surface area contributed by atoms with Gasteiger partial charge in [-0.1, -0.05) is 37.3 Å². The van der Waals surface area contributed by atoms with Gasteiger partial charge in [-0.15, -0.1) is 0 Å². The molecule has 1 amide bonds. The number of nitrogens with one attached hydrogen (secondary N) is 2. The van der Waals surface area contributed by atoms with Crippen LogP contribution in [0.2, 0.25) is 0 Å². The highest BCUT2D eigenvalue weighted by molar-refractivity contribution is 5.78. The van der Waals surface area contributed by atoms with Gasteiger partial charge in [0, 0.05) is 12.6 Å². The molecule has 1 heterocycles. The van der Waals surface area contributed by atoms with E-state index in [1.807, 2.05) is 51.1 Å². The van der Waals surface area contributed by atoms with Crippen LogP contribution in [0.4, 0.5) is 4.79 Å². The van der Waals surface area contributed by atoms with Crippen LogP contribution >= 0.6 is 0 Å². The number of likely N-dealkylation sites (tertiary alicyclic amines) is 1. The first-order valence-electron chi connectivity index (χ1n) is 10.1. The summed E-state index contributed by atoms with van der Waals surface area (Å²) in [6, 6.07) is 9.92. The lowest BCUT2D eigenvalue weighted by atomic mass is 10.1. The minimum Gasteiger partial charge on any atom is -0.444 e. The van der Waals surface area contributed by atoms with Gasteiger partial charge < -0.3 is 21.1 Å². The Kier molecular flexibility index (Phi) is 8.11. The Morgan fingerprint density at radius 1 is 1.36 bits per heavy atom. The van der Waals surface area contributed by atoms with Crippen molar-refractivity contribution < 1.29 is 9.53 Å². The van der Waals surface area contributed by atoms with E-state index in [-0.39, 0.29) is 6.04 Å². The summed E-state index contributed by atoms with van der Waals surface area (Å²) in [6.45, 7) is 11.0. The van der Waals surface area contributed by atoms with Gasteiger partial charge in [-0.2, -0.15) is 0 Å². The average Bonchev–Trinajstić information content (AvgIpc) is 3.10. The number of aliphatic imine (C=N–C) groups is 1. The summed E-state index contributed by atoms with van der Waals surface area (Å²) >= 11 is 0. The third-order valence-corrected chi connectivity index (χ3v) is 4.76. The standard InChI is InChI=1S/C21H35N5O2/c1-5-26-13-9-12-17(26)14-23-19(22)24-15-18(16-10-7-6-8-11-16)25-20(27)28-21(2,3)4/h6-8,10-11,17-18H,5,9,12-15H2,1-4H3,(H,25,27)(H3,22,23,24). The van der Waals surface area contributed by atoms with Crippen molar-refractivity contribution in [1.29, 1.82) is 0 Å². The van der Waals surface area contributed by atoms with Crippen LogP contribution in [-0.2, 0) is 4.74 Å². The first-order chi connectivity index (χ1) is 13.3. The van der Waals surface area contributed by atoms with Gasteiger partial charge in [-0.3, -0.25) is 9.89 Å². The summed E-state index contributed by atoms with van der Waals surface area (Å²) in [4.78, 5) is 19.1. The van der Waals surface area contributed by atoms with Gasteiger partial charge in [0.1, 0.15) is 5.60 Å². The maximum atomic E-state index is 12.2. The minimum absolute atomic E-state index is 0.310. The fourth-order valence-electron chi connectivity index (χ4n) is 3.38. The topological polar surface area (TPSA) is 92.0 Å². The summed E-state index contributed by atoms with van der Waals surface area (Å²) in [5.41, 5.74) is 6.48. The van der Waals surface area contributed by atoms with Gasteiger partial charge in [-0.05, 0) is 52.3 Å². The fourth-order valence-corrected chi connectivity index (χ4v) is 3.38. The van der Waals surface area contributed by atoms with Gasteiger partial charge in [-0.25, -0.2) is 4.79 Å². The van der Waals surface area contributed by atoms with Gasteiger partial charge in [0.15, 0.2) is 5.96 Å². The molecule has 1 aromatic rings. The molecule has 7 nitrogen and oxygen atoms in total. The van der Waals surface area contributed by atoms with Crippen molar-refractivity contribution >= 4 is 12.1 Å². The van der Waals surface area contributed by atoms with Gasteiger partial charge >= 0.3 is 6.09 Å². The van der Waals surface area contributed by atoms with Gasteiger partial charge in [0.2, 0.25) is 0 Å². The number of hydrogen-bond donors (Lipinski definition) is 3. The number of carbonyl (C=O) groups is 1. The molecule has 0 radical (unpaired) electrons. The van der Waals surface area contributed by atoms with E-state index in [0.29, 0.717) is 18.5 Å². The first-order valence-corrected chi connectivity index (χ1v) is 10.1. The van der Waals surface area contributed by atoms with E-state index in [1.54, 1.807) is 0 Å². The predicted octanol–water partition coefficient (Wildman–Crippen LogP) is 2.64. The Labute approximate surface area is 168 Å². The van der Waals surface area contributed by atoms with E-state index >= 15 is 0 Å². The molecule has 0 aromatic heterocycles. The Morgan fingerprint density at radius 2 is 2.07 bits per heavy atom. The van der Waals surface area contributed by atoms with Gasteiger partial charge in [0.25, 0.3) is 0 Å². The van der Waals surface area contributed by atoms with Crippen molar-refractivity contribution in [1.82, 2.24) is 15.5 Å². The molecule has 1 aromatic carbocycles. The first kappa shape index (κ1) is 22.0. The number of nitrogens with two attached hydrogens (primary N) is 1. The fraction of sp³-hybridized carbons (Fsp3) is 0.619. The smallest absolute Gasteiger partial charge is 0.408 e. The van der Waals surface area contributed by atoms with Crippen molar-refractivity contribution in [2.75, 3.05) is 26.2 Å². The van der Waals surface area contributed by atoms with E-state index in [1.165, 1.54) is 12.8 Å². The number of ether oxygens (including phenoxy) is 1. The average molecular weight is 390 g/mol. The van der Waals surface area contributed by atoms with Crippen molar-refractivity contribution in [3.63, 3.8) is 0 Å². The molecule has 1 aliphatic heterocycles. The largest absolute Gasteiger partial charge is 0.444 e. The van der Waals surface area contributed by atoms with Crippen LogP contribution in [-0.4, -0.2) is 54.8 Å². The molecule has 0 aliphatic carbocycles. The summed E-state index contributed by atoms with van der Waals surface area (Å²) < 4.78 is 5.38. The second-order valence-electron chi connectivity index (χ2n) is 8.14. The molecule has 28 heavy (non-hydrogen) atoms. The Morgan fingerprint density at radius 3 is 2.71 bits per heavy atom. The number of hydrogen-bond acceptors (Lipinski definition) is 4. The number of benzene rings is 1. The Hall–Kier alpha value is -2.28. The molecule has 2 rings (SSSR count). The van der Waals surface area contributed by atoms with Crippen molar-refractivity contribution in [3.05, 3.63) is 35.9 Å². The maximum Gasteiger partial charge on any atom is 0.408 e. The Bertz CT molecular complexity index is 642. The SMILES string of the molecule is CCN1CCCC1CNC(N)=NCC(NC(=O)OC(C)(C)C)c1ccccc1. The summed E-state index contributed by atoms with van der Waals surface area (Å²) in [7, 11) is 0. The minimum atomic E-state index is -0.554. The lowest BCUT2D eigenvalue weighted by molar-refractivity contribution is 0.0505. The lowest BCUT2D eigenvalue weighted by Crippen LogP contribution is -2.43. The second kappa shape index (κ2) is 10.3.